The minimum atomic E-state index is -0.197. The number of halogens is 1. The fourth-order valence-corrected chi connectivity index (χ4v) is 2.16. The molecule has 21 heavy (non-hydrogen) atoms. The van der Waals surface area contributed by atoms with E-state index in [1.165, 1.54) is 6.07 Å². The molecule has 0 saturated heterocycles. The van der Waals surface area contributed by atoms with Crippen LogP contribution in [-0.2, 0) is 19.5 Å². The van der Waals surface area contributed by atoms with Crippen LogP contribution in [0.2, 0.25) is 0 Å². The molecule has 114 valence electrons. The van der Waals surface area contributed by atoms with E-state index in [9.17, 15) is 4.39 Å². The molecule has 0 aliphatic heterocycles. The molecular weight excluding hydrogens is 269 g/mol. The van der Waals surface area contributed by atoms with Gasteiger partial charge in [-0.2, -0.15) is 0 Å². The second kappa shape index (κ2) is 7.26. The maximum atomic E-state index is 13.1. The van der Waals surface area contributed by atoms with Gasteiger partial charge >= 0.3 is 0 Å². The summed E-state index contributed by atoms with van der Waals surface area (Å²) in [5.41, 5.74) is 2.08. The molecule has 2 aromatic rings. The van der Waals surface area contributed by atoms with Gasteiger partial charge in [-0.25, -0.2) is 9.07 Å². The van der Waals surface area contributed by atoms with E-state index in [0.717, 1.165) is 29.9 Å². The number of aromatic nitrogens is 4. The van der Waals surface area contributed by atoms with Gasteiger partial charge in [-0.15, -0.1) is 5.10 Å². The summed E-state index contributed by atoms with van der Waals surface area (Å²) in [5.74, 6) is 1.23. The molecule has 1 N–H and O–H groups in total. The van der Waals surface area contributed by atoms with Gasteiger partial charge < -0.3 is 5.32 Å². The van der Waals surface area contributed by atoms with E-state index in [2.05, 4.69) is 34.7 Å². The van der Waals surface area contributed by atoms with Crippen LogP contribution in [0, 0.1) is 18.7 Å². The van der Waals surface area contributed by atoms with Crippen LogP contribution < -0.4 is 5.32 Å². The zero-order valence-electron chi connectivity index (χ0n) is 12.8. The molecule has 1 aromatic carbocycles. The van der Waals surface area contributed by atoms with Gasteiger partial charge in [0.1, 0.15) is 5.82 Å². The monoisotopic (exact) mass is 291 g/mol. The topological polar surface area (TPSA) is 55.6 Å². The summed E-state index contributed by atoms with van der Waals surface area (Å²) < 4.78 is 14.9. The lowest BCUT2D eigenvalue weighted by Crippen LogP contribution is -2.22. The number of nitrogens with zero attached hydrogens (tertiary/aromatic N) is 4. The Morgan fingerprint density at radius 1 is 1.33 bits per heavy atom. The van der Waals surface area contributed by atoms with E-state index in [0.29, 0.717) is 19.0 Å². The van der Waals surface area contributed by atoms with Crippen LogP contribution in [0.5, 0.6) is 0 Å². The molecule has 0 fully saturated rings. The molecule has 5 nitrogen and oxygen atoms in total. The number of benzene rings is 1. The predicted octanol–water partition coefficient (Wildman–Crippen LogP) is 2.11. The van der Waals surface area contributed by atoms with Crippen molar-refractivity contribution in [3.05, 3.63) is 41.0 Å². The molecule has 0 atom stereocenters. The number of aryl methyl sites for hydroxylation is 3. The smallest absolute Gasteiger partial charge is 0.165 e. The summed E-state index contributed by atoms with van der Waals surface area (Å²) in [6.07, 6.45) is 0.786. The van der Waals surface area contributed by atoms with Crippen molar-refractivity contribution in [2.45, 2.75) is 40.3 Å². The van der Waals surface area contributed by atoms with Gasteiger partial charge in [-0.05, 0) is 59.5 Å². The van der Waals surface area contributed by atoms with Crippen molar-refractivity contribution in [3.63, 3.8) is 0 Å². The van der Waals surface area contributed by atoms with Crippen LogP contribution in [0.25, 0.3) is 0 Å². The third-order valence-corrected chi connectivity index (χ3v) is 3.34. The standard InChI is InChI=1S/C15H22FN5/c1-11(2)9-17-10-15-18-19-20-21(15)7-6-13-4-5-14(16)8-12(13)3/h4-5,8,11,17H,6-7,9-10H2,1-3H3. The first-order chi connectivity index (χ1) is 10.1. The normalized spacial score (nSPS) is 11.3. The van der Waals surface area contributed by atoms with Crippen LogP contribution in [0.15, 0.2) is 18.2 Å². The van der Waals surface area contributed by atoms with E-state index in [4.69, 9.17) is 0 Å². The quantitative estimate of drug-likeness (QED) is 0.849. The molecule has 2 rings (SSSR count). The van der Waals surface area contributed by atoms with Gasteiger partial charge in [0.15, 0.2) is 5.82 Å². The van der Waals surface area contributed by atoms with E-state index < -0.39 is 0 Å². The average molecular weight is 291 g/mol. The third kappa shape index (κ3) is 4.60. The zero-order valence-corrected chi connectivity index (χ0v) is 12.8. The van der Waals surface area contributed by atoms with Gasteiger partial charge in [0.25, 0.3) is 0 Å². The summed E-state index contributed by atoms with van der Waals surface area (Å²) in [7, 11) is 0. The Balaban J connectivity index is 1.92. The zero-order chi connectivity index (χ0) is 15.2. The summed E-state index contributed by atoms with van der Waals surface area (Å²) in [6.45, 7) is 8.53. The molecule has 1 heterocycles. The Morgan fingerprint density at radius 3 is 2.86 bits per heavy atom. The van der Waals surface area contributed by atoms with Gasteiger partial charge in [0.2, 0.25) is 0 Å². The first kappa shape index (κ1) is 15.6. The fraction of sp³-hybridized carbons (Fsp3) is 0.533. The number of nitrogens with one attached hydrogen (secondary N) is 1. The number of rotatable bonds is 7. The summed E-state index contributed by atoms with van der Waals surface area (Å²) >= 11 is 0. The molecule has 0 saturated carbocycles. The van der Waals surface area contributed by atoms with E-state index in [1.54, 1.807) is 10.7 Å². The van der Waals surface area contributed by atoms with Crippen molar-refractivity contribution in [1.29, 1.82) is 0 Å². The molecule has 0 bridgehead atoms. The maximum absolute atomic E-state index is 13.1. The molecule has 0 radical (unpaired) electrons. The predicted molar refractivity (Wildman–Crippen MR) is 79.2 cm³/mol. The van der Waals surface area contributed by atoms with Crippen molar-refractivity contribution < 1.29 is 4.39 Å². The van der Waals surface area contributed by atoms with Crippen molar-refractivity contribution >= 4 is 0 Å². The Hall–Kier alpha value is -1.82. The number of hydrogen-bond acceptors (Lipinski definition) is 4. The average Bonchev–Trinajstić information content (AvgIpc) is 2.85. The molecular formula is C15H22FN5. The van der Waals surface area contributed by atoms with Gasteiger partial charge in [0, 0.05) is 6.54 Å². The molecule has 0 aliphatic rings. The van der Waals surface area contributed by atoms with Crippen LogP contribution >= 0.6 is 0 Å². The lowest BCUT2D eigenvalue weighted by Gasteiger charge is -2.09. The highest BCUT2D eigenvalue weighted by atomic mass is 19.1. The maximum Gasteiger partial charge on any atom is 0.165 e. The van der Waals surface area contributed by atoms with Crippen LogP contribution in [0.1, 0.15) is 30.8 Å². The van der Waals surface area contributed by atoms with Crippen LogP contribution in [-0.4, -0.2) is 26.8 Å². The lowest BCUT2D eigenvalue weighted by atomic mass is 10.1. The highest BCUT2D eigenvalue weighted by Gasteiger charge is 2.07. The Morgan fingerprint density at radius 2 is 2.14 bits per heavy atom. The van der Waals surface area contributed by atoms with Gasteiger partial charge in [-0.3, -0.25) is 0 Å². The summed E-state index contributed by atoms with van der Waals surface area (Å²) in [6, 6.07) is 4.87. The SMILES string of the molecule is Cc1cc(F)ccc1CCn1nnnc1CNCC(C)C. The lowest BCUT2D eigenvalue weighted by molar-refractivity contribution is 0.509. The van der Waals surface area contributed by atoms with Gasteiger partial charge in [-0.1, -0.05) is 19.9 Å². The fourth-order valence-electron chi connectivity index (χ4n) is 2.16. The highest BCUT2D eigenvalue weighted by Crippen LogP contribution is 2.11. The molecule has 1 aromatic heterocycles. The van der Waals surface area contributed by atoms with Crippen molar-refractivity contribution in [2.24, 2.45) is 5.92 Å². The Bertz CT molecular complexity index is 579. The Kier molecular flexibility index (Phi) is 5.38. The summed E-state index contributed by atoms with van der Waals surface area (Å²) in [5, 5.41) is 15.1. The first-order valence-electron chi connectivity index (χ1n) is 7.27. The number of hydrogen-bond donors (Lipinski definition) is 1. The van der Waals surface area contributed by atoms with E-state index >= 15 is 0 Å². The minimum Gasteiger partial charge on any atom is -0.310 e. The molecule has 0 unspecified atom stereocenters. The van der Waals surface area contributed by atoms with E-state index in [-0.39, 0.29) is 5.82 Å². The van der Waals surface area contributed by atoms with Crippen LogP contribution in [0.3, 0.4) is 0 Å². The molecule has 0 spiro atoms. The summed E-state index contributed by atoms with van der Waals surface area (Å²) in [4.78, 5) is 0. The molecule has 6 heteroatoms. The highest BCUT2D eigenvalue weighted by molar-refractivity contribution is 5.26. The van der Waals surface area contributed by atoms with Crippen molar-refractivity contribution in [1.82, 2.24) is 25.5 Å². The third-order valence-electron chi connectivity index (χ3n) is 3.34. The second-order valence-corrected chi connectivity index (χ2v) is 5.66. The molecule has 0 aliphatic carbocycles. The minimum absolute atomic E-state index is 0.197. The number of tetrazole rings is 1. The van der Waals surface area contributed by atoms with Gasteiger partial charge in [0.05, 0.1) is 6.54 Å². The second-order valence-electron chi connectivity index (χ2n) is 5.66. The van der Waals surface area contributed by atoms with E-state index in [1.807, 2.05) is 13.0 Å². The van der Waals surface area contributed by atoms with Crippen LogP contribution in [0.4, 0.5) is 4.39 Å². The first-order valence-corrected chi connectivity index (χ1v) is 7.27. The van der Waals surface area contributed by atoms with Crippen molar-refractivity contribution in [2.75, 3.05) is 6.54 Å². The Labute approximate surface area is 124 Å². The molecule has 0 amide bonds. The van der Waals surface area contributed by atoms with Crippen molar-refractivity contribution in [3.8, 4) is 0 Å². The largest absolute Gasteiger partial charge is 0.310 e.